The Kier molecular flexibility index (Phi) is 8.06. The fourth-order valence-corrected chi connectivity index (χ4v) is 5.01. The lowest BCUT2D eigenvalue weighted by Crippen LogP contribution is -2.48. The van der Waals surface area contributed by atoms with Crippen molar-refractivity contribution in [3.63, 3.8) is 0 Å². The van der Waals surface area contributed by atoms with Crippen molar-refractivity contribution in [1.82, 2.24) is 20.2 Å². The maximum Gasteiger partial charge on any atom is 0.417 e. The molecule has 0 unspecified atom stereocenters. The molecule has 5 nitrogen and oxygen atoms in total. The normalized spacial score (nSPS) is 17.4. The van der Waals surface area contributed by atoms with Crippen LogP contribution in [0.1, 0.15) is 46.8 Å². The van der Waals surface area contributed by atoms with Crippen LogP contribution in [0.4, 0.5) is 13.2 Å². The average molecular weight is 515 g/mol. The van der Waals surface area contributed by atoms with E-state index in [4.69, 9.17) is 11.6 Å². The van der Waals surface area contributed by atoms with Crippen molar-refractivity contribution in [2.45, 2.75) is 37.5 Å². The number of nitrogens with one attached hydrogen (secondary N) is 1. The van der Waals surface area contributed by atoms with Gasteiger partial charge in [-0.05, 0) is 48.7 Å². The third kappa shape index (κ3) is 5.77. The first-order valence-electron chi connectivity index (χ1n) is 11.7. The molecule has 1 N–H and O–H groups in total. The van der Waals surface area contributed by atoms with E-state index in [0.717, 1.165) is 48.6 Å². The van der Waals surface area contributed by atoms with Crippen molar-refractivity contribution in [3.8, 4) is 11.1 Å². The van der Waals surface area contributed by atoms with Gasteiger partial charge in [-0.25, -0.2) is 9.97 Å². The number of nitrogens with zero attached hydrogens (tertiary/aromatic N) is 3. The lowest BCUT2D eigenvalue weighted by Gasteiger charge is -2.40. The van der Waals surface area contributed by atoms with Crippen molar-refractivity contribution >= 4 is 17.5 Å². The SMILES string of the molecule is C=CCN1CCCC[C@H]1[C@@H](NC(=O)c1cccc(C(F)(F)F)c1Cl)c1cccc(-c2cncnc2)c1. The molecule has 9 heteroatoms. The van der Waals surface area contributed by atoms with Crippen LogP contribution in [0, 0.1) is 0 Å². The van der Waals surface area contributed by atoms with Crippen LogP contribution in [0.15, 0.2) is 73.8 Å². The molecule has 36 heavy (non-hydrogen) atoms. The van der Waals surface area contributed by atoms with E-state index in [-0.39, 0.29) is 11.6 Å². The summed E-state index contributed by atoms with van der Waals surface area (Å²) in [6, 6.07) is 10.5. The zero-order valence-corrected chi connectivity index (χ0v) is 20.3. The minimum Gasteiger partial charge on any atom is -0.344 e. The second kappa shape index (κ2) is 11.2. The Hall–Kier alpha value is -3.23. The Labute approximate surface area is 213 Å². The molecule has 0 spiro atoms. The number of hydrogen-bond acceptors (Lipinski definition) is 4. The van der Waals surface area contributed by atoms with Crippen LogP contribution in [0.5, 0.6) is 0 Å². The second-order valence-electron chi connectivity index (χ2n) is 8.72. The van der Waals surface area contributed by atoms with Gasteiger partial charge < -0.3 is 5.32 Å². The van der Waals surface area contributed by atoms with E-state index < -0.39 is 28.7 Å². The summed E-state index contributed by atoms with van der Waals surface area (Å²) in [5, 5.41) is 2.40. The molecule has 2 heterocycles. The van der Waals surface area contributed by atoms with Gasteiger partial charge in [0.1, 0.15) is 6.33 Å². The molecular weight excluding hydrogens is 489 g/mol. The third-order valence-electron chi connectivity index (χ3n) is 6.39. The van der Waals surface area contributed by atoms with E-state index >= 15 is 0 Å². The fourth-order valence-electron chi connectivity index (χ4n) is 4.69. The molecule has 1 amide bonds. The average Bonchev–Trinajstić information content (AvgIpc) is 2.88. The van der Waals surface area contributed by atoms with E-state index in [2.05, 4.69) is 26.8 Å². The summed E-state index contributed by atoms with van der Waals surface area (Å²) in [4.78, 5) is 23.8. The summed E-state index contributed by atoms with van der Waals surface area (Å²) >= 11 is 6.07. The third-order valence-corrected chi connectivity index (χ3v) is 6.79. The van der Waals surface area contributed by atoms with Gasteiger partial charge >= 0.3 is 6.18 Å². The largest absolute Gasteiger partial charge is 0.417 e. The van der Waals surface area contributed by atoms with Gasteiger partial charge in [-0.3, -0.25) is 9.69 Å². The number of likely N-dealkylation sites (tertiary alicyclic amines) is 1. The minimum absolute atomic E-state index is 0.0763. The van der Waals surface area contributed by atoms with Gasteiger partial charge in [0.15, 0.2) is 0 Å². The first-order chi connectivity index (χ1) is 17.3. The van der Waals surface area contributed by atoms with Crippen LogP contribution in [-0.2, 0) is 6.18 Å². The molecule has 4 rings (SSSR count). The molecule has 2 aromatic carbocycles. The van der Waals surface area contributed by atoms with E-state index in [0.29, 0.717) is 6.54 Å². The summed E-state index contributed by atoms with van der Waals surface area (Å²) in [6.07, 6.45) is 4.81. The monoisotopic (exact) mass is 514 g/mol. The maximum absolute atomic E-state index is 13.4. The van der Waals surface area contributed by atoms with Crippen molar-refractivity contribution in [3.05, 3.63) is 95.6 Å². The number of rotatable bonds is 7. The highest BCUT2D eigenvalue weighted by Crippen LogP contribution is 2.37. The van der Waals surface area contributed by atoms with E-state index in [1.54, 1.807) is 12.4 Å². The number of halogens is 4. The van der Waals surface area contributed by atoms with Crippen LogP contribution < -0.4 is 5.32 Å². The molecule has 3 aromatic rings. The molecule has 0 aliphatic carbocycles. The summed E-state index contributed by atoms with van der Waals surface area (Å²) in [7, 11) is 0. The zero-order valence-electron chi connectivity index (χ0n) is 19.5. The van der Waals surface area contributed by atoms with Crippen LogP contribution in [0.2, 0.25) is 5.02 Å². The molecule has 1 aliphatic heterocycles. The highest BCUT2D eigenvalue weighted by molar-refractivity contribution is 6.34. The fraction of sp³-hybridized carbons (Fsp3) is 0.296. The van der Waals surface area contributed by atoms with Crippen molar-refractivity contribution in [2.24, 2.45) is 0 Å². The molecule has 1 aromatic heterocycles. The minimum atomic E-state index is -4.66. The molecular formula is C27H26ClF3N4O. The molecule has 188 valence electrons. The van der Waals surface area contributed by atoms with Gasteiger partial charge in [-0.1, -0.05) is 48.4 Å². The van der Waals surface area contributed by atoms with Gasteiger partial charge in [0, 0.05) is 30.5 Å². The van der Waals surface area contributed by atoms with Crippen LogP contribution in [-0.4, -0.2) is 39.9 Å². The summed E-state index contributed by atoms with van der Waals surface area (Å²) in [6.45, 7) is 5.33. The Bertz CT molecular complexity index is 1220. The lowest BCUT2D eigenvalue weighted by molar-refractivity contribution is -0.137. The molecule has 1 aliphatic rings. The highest BCUT2D eigenvalue weighted by Gasteiger charge is 2.36. The number of piperidine rings is 1. The Morgan fingerprint density at radius 1 is 1.17 bits per heavy atom. The molecule has 1 saturated heterocycles. The molecule has 1 fully saturated rings. The predicted octanol–water partition coefficient (Wildman–Crippen LogP) is 6.33. The van der Waals surface area contributed by atoms with Gasteiger partial charge in [0.2, 0.25) is 0 Å². The maximum atomic E-state index is 13.4. The zero-order chi connectivity index (χ0) is 25.7. The van der Waals surface area contributed by atoms with Crippen LogP contribution in [0.3, 0.4) is 0 Å². The van der Waals surface area contributed by atoms with Gasteiger partial charge in [-0.15, -0.1) is 6.58 Å². The first kappa shape index (κ1) is 25.9. The number of alkyl halides is 3. The molecule has 0 bridgehead atoms. The standard InChI is InChI=1S/C27H26ClF3N4O/c1-2-12-35-13-4-3-11-23(35)25(19-8-5-7-18(14-19)20-15-32-17-33-16-20)34-26(36)21-9-6-10-22(24(21)28)27(29,30)31/h2,5-10,14-17,23,25H,1,3-4,11-13H2,(H,34,36)/t23-,25-/m0/s1. The van der Waals surface area contributed by atoms with Crippen LogP contribution >= 0.6 is 11.6 Å². The molecule has 0 radical (unpaired) electrons. The number of amides is 1. The number of aromatic nitrogens is 2. The smallest absolute Gasteiger partial charge is 0.344 e. The summed E-state index contributed by atoms with van der Waals surface area (Å²) in [5.74, 6) is -0.659. The van der Waals surface area contributed by atoms with E-state index in [9.17, 15) is 18.0 Å². The van der Waals surface area contributed by atoms with Gasteiger partial charge in [0.25, 0.3) is 5.91 Å². The predicted molar refractivity (Wildman–Crippen MR) is 134 cm³/mol. The van der Waals surface area contributed by atoms with Crippen LogP contribution in [0.25, 0.3) is 11.1 Å². The van der Waals surface area contributed by atoms with E-state index in [1.165, 1.54) is 18.5 Å². The van der Waals surface area contributed by atoms with E-state index in [1.807, 2.05) is 30.3 Å². The van der Waals surface area contributed by atoms with Gasteiger partial charge in [0.05, 0.1) is 22.2 Å². The Balaban J connectivity index is 1.73. The molecule has 0 saturated carbocycles. The van der Waals surface area contributed by atoms with Crippen molar-refractivity contribution < 1.29 is 18.0 Å². The van der Waals surface area contributed by atoms with Crippen molar-refractivity contribution in [2.75, 3.05) is 13.1 Å². The number of hydrogen-bond donors (Lipinski definition) is 1. The number of carbonyl (C=O) groups is 1. The second-order valence-corrected chi connectivity index (χ2v) is 9.09. The number of benzene rings is 2. The van der Waals surface area contributed by atoms with Crippen molar-refractivity contribution in [1.29, 1.82) is 0 Å². The number of carbonyl (C=O) groups excluding carboxylic acids is 1. The quantitative estimate of drug-likeness (QED) is 0.374. The summed E-state index contributed by atoms with van der Waals surface area (Å²) in [5.41, 5.74) is 1.27. The Morgan fingerprint density at radius 2 is 1.92 bits per heavy atom. The molecule has 2 atom stereocenters. The highest BCUT2D eigenvalue weighted by atomic mass is 35.5. The Morgan fingerprint density at radius 3 is 2.64 bits per heavy atom. The first-order valence-corrected chi connectivity index (χ1v) is 12.0. The van der Waals surface area contributed by atoms with Gasteiger partial charge in [-0.2, -0.15) is 13.2 Å². The summed E-state index contributed by atoms with van der Waals surface area (Å²) < 4.78 is 40.2. The lowest BCUT2D eigenvalue weighted by atomic mass is 9.89. The topological polar surface area (TPSA) is 58.1 Å².